The summed E-state index contributed by atoms with van der Waals surface area (Å²) in [5.74, 6) is -0.106. The van der Waals surface area contributed by atoms with Gasteiger partial charge >= 0.3 is 5.97 Å². The second-order valence-corrected chi connectivity index (χ2v) is 9.02. The molecule has 3 rings (SSSR count). The van der Waals surface area contributed by atoms with Crippen molar-refractivity contribution in [2.45, 2.75) is 32.2 Å². The first-order chi connectivity index (χ1) is 15.7. The highest BCUT2D eigenvalue weighted by molar-refractivity contribution is 6.30. The molecule has 1 atom stereocenters. The fourth-order valence-corrected chi connectivity index (χ4v) is 3.40. The summed E-state index contributed by atoms with van der Waals surface area (Å²) < 4.78 is 4.90. The molecule has 7 nitrogen and oxygen atoms in total. The van der Waals surface area contributed by atoms with Gasteiger partial charge in [0.1, 0.15) is 11.4 Å². The van der Waals surface area contributed by atoms with Crippen molar-refractivity contribution in [3.05, 3.63) is 82.5 Å². The maximum Gasteiger partial charge on any atom is 0.343 e. The van der Waals surface area contributed by atoms with Crippen LogP contribution in [0.3, 0.4) is 0 Å². The average Bonchev–Trinajstić information content (AvgIpc) is 2.79. The van der Waals surface area contributed by atoms with Crippen molar-refractivity contribution in [1.29, 1.82) is 5.41 Å². The Morgan fingerprint density at radius 1 is 1.12 bits per heavy atom. The van der Waals surface area contributed by atoms with E-state index in [4.69, 9.17) is 21.7 Å². The Labute approximate surface area is 199 Å². The van der Waals surface area contributed by atoms with Crippen LogP contribution in [0.25, 0.3) is 0 Å². The lowest BCUT2D eigenvalue weighted by atomic mass is 9.90. The van der Waals surface area contributed by atoms with Crippen LogP contribution in [-0.4, -0.2) is 40.8 Å². The zero-order valence-corrected chi connectivity index (χ0v) is 19.9. The molecular weight excluding hydrogens is 438 g/mol. The van der Waals surface area contributed by atoms with Gasteiger partial charge in [-0.15, -0.1) is 0 Å². The second kappa shape index (κ2) is 10.4. The van der Waals surface area contributed by atoms with E-state index in [0.717, 1.165) is 11.1 Å². The van der Waals surface area contributed by atoms with E-state index in [9.17, 15) is 4.79 Å². The highest BCUT2D eigenvalue weighted by atomic mass is 35.5. The molecule has 0 bridgehead atoms. The van der Waals surface area contributed by atoms with Gasteiger partial charge in [-0.2, -0.15) is 4.98 Å². The molecule has 3 aromatic rings. The zero-order valence-electron chi connectivity index (χ0n) is 19.1. The maximum absolute atomic E-state index is 12.3. The Balaban J connectivity index is 1.93. The molecule has 0 saturated heterocycles. The molecule has 1 heterocycles. The molecule has 172 valence electrons. The van der Waals surface area contributed by atoms with Crippen LogP contribution >= 0.6 is 11.6 Å². The van der Waals surface area contributed by atoms with Gasteiger partial charge in [-0.1, -0.05) is 54.1 Å². The first-order valence-electron chi connectivity index (χ1n) is 10.5. The van der Waals surface area contributed by atoms with Crippen molar-refractivity contribution < 1.29 is 9.53 Å². The summed E-state index contributed by atoms with van der Waals surface area (Å²) in [6.07, 6.45) is 1.44. The number of aromatic nitrogens is 2. The SMILES string of the molecule is COC(=O)c1cnc(NC(C)(C)C)nc1NCC(C(=N)c1ccc(Cl)cc1)c1ccccc1. The molecule has 0 radical (unpaired) electrons. The van der Waals surface area contributed by atoms with E-state index in [-0.39, 0.29) is 17.0 Å². The number of carbonyl (C=O) groups is 1. The molecule has 0 spiro atoms. The van der Waals surface area contributed by atoms with Crippen LogP contribution in [0.15, 0.2) is 60.8 Å². The molecule has 3 N–H and O–H groups in total. The van der Waals surface area contributed by atoms with E-state index in [1.807, 2.05) is 63.2 Å². The monoisotopic (exact) mass is 465 g/mol. The molecule has 0 amide bonds. The summed E-state index contributed by atoms with van der Waals surface area (Å²) in [5, 5.41) is 16.0. The van der Waals surface area contributed by atoms with Crippen LogP contribution in [0, 0.1) is 5.41 Å². The molecule has 8 heteroatoms. The fourth-order valence-electron chi connectivity index (χ4n) is 3.27. The summed E-state index contributed by atoms with van der Waals surface area (Å²) in [4.78, 5) is 21.1. The number of hydrogen-bond acceptors (Lipinski definition) is 7. The number of esters is 1. The van der Waals surface area contributed by atoms with Crippen molar-refractivity contribution >= 4 is 35.0 Å². The molecule has 0 saturated carbocycles. The predicted octanol–water partition coefficient (Wildman–Crippen LogP) is 5.39. The van der Waals surface area contributed by atoms with Gasteiger partial charge in [-0.25, -0.2) is 9.78 Å². The molecular formula is C25H28ClN5O2. The number of anilines is 2. The summed E-state index contributed by atoms with van der Waals surface area (Å²) in [5.41, 5.74) is 2.12. The minimum Gasteiger partial charge on any atom is -0.465 e. The van der Waals surface area contributed by atoms with Crippen LogP contribution in [0.5, 0.6) is 0 Å². The van der Waals surface area contributed by atoms with E-state index in [1.54, 1.807) is 12.1 Å². The van der Waals surface area contributed by atoms with Gasteiger partial charge in [0.05, 0.1) is 7.11 Å². The van der Waals surface area contributed by atoms with E-state index in [1.165, 1.54) is 13.3 Å². The summed E-state index contributed by atoms with van der Waals surface area (Å²) in [6, 6.07) is 17.0. The number of hydrogen-bond donors (Lipinski definition) is 3. The lowest BCUT2D eigenvalue weighted by Crippen LogP contribution is -2.28. The predicted molar refractivity (Wildman–Crippen MR) is 133 cm³/mol. The number of ether oxygens (including phenoxy) is 1. The lowest BCUT2D eigenvalue weighted by Gasteiger charge is -2.23. The molecule has 0 aliphatic rings. The van der Waals surface area contributed by atoms with Crippen LogP contribution in [0.4, 0.5) is 11.8 Å². The van der Waals surface area contributed by atoms with Gasteiger partial charge in [0, 0.05) is 34.9 Å². The molecule has 0 fully saturated rings. The molecule has 0 aliphatic carbocycles. The summed E-state index contributed by atoms with van der Waals surface area (Å²) >= 11 is 6.03. The van der Waals surface area contributed by atoms with Gasteiger partial charge in [-0.3, -0.25) is 0 Å². The molecule has 0 aliphatic heterocycles. The minimum absolute atomic E-state index is 0.224. The highest BCUT2D eigenvalue weighted by Gasteiger charge is 2.22. The fraction of sp³-hybridized carbons (Fsp3) is 0.280. The first-order valence-corrected chi connectivity index (χ1v) is 10.9. The third kappa shape index (κ3) is 6.52. The van der Waals surface area contributed by atoms with E-state index >= 15 is 0 Å². The normalized spacial score (nSPS) is 12.0. The quantitative estimate of drug-likeness (QED) is 0.304. The van der Waals surface area contributed by atoms with Crippen LogP contribution < -0.4 is 10.6 Å². The maximum atomic E-state index is 12.3. The third-order valence-electron chi connectivity index (χ3n) is 4.86. The Bertz CT molecular complexity index is 1110. The minimum atomic E-state index is -0.538. The molecule has 1 aromatic heterocycles. The first kappa shape index (κ1) is 24.2. The largest absolute Gasteiger partial charge is 0.465 e. The Hall–Kier alpha value is -3.45. The molecule has 2 aromatic carbocycles. The second-order valence-electron chi connectivity index (χ2n) is 8.59. The zero-order chi connectivity index (χ0) is 24.0. The molecule has 33 heavy (non-hydrogen) atoms. The summed E-state index contributed by atoms with van der Waals surface area (Å²) in [6.45, 7) is 6.32. The Morgan fingerprint density at radius 3 is 2.39 bits per heavy atom. The van der Waals surface area contributed by atoms with Gasteiger partial charge < -0.3 is 20.8 Å². The average molecular weight is 466 g/mol. The Kier molecular flexibility index (Phi) is 7.66. The highest BCUT2D eigenvalue weighted by Crippen LogP contribution is 2.24. The van der Waals surface area contributed by atoms with Crippen LogP contribution in [0.1, 0.15) is 48.2 Å². The van der Waals surface area contributed by atoms with Crippen molar-refractivity contribution in [3.8, 4) is 0 Å². The van der Waals surface area contributed by atoms with Crippen molar-refractivity contribution in [1.82, 2.24) is 9.97 Å². The standard InChI is InChI=1S/C25H28ClN5O2/c1-25(2,3)31-24-29-15-20(23(32)33-4)22(30-24)28-14-19(16-8-6-5-7-9-16)21(27)17-10-12-18(26)13-11-17/h5-13,15,19,27H,14H2,1-4H3,(H2,28,29,30,31). The topological polar surface area (TPSA) is 100.0 Å². The number of rotatable bonds is 8. The van der Waals surface area contributed by atoms with Crippen LogP contribution in [-0.2, 0) is 4.74 Å². The number of nitrogens with one attached hydrogen (secondary N) is 3. The third-order valence-corrected chi connectivity index (χ3v) is 5.11. The Morgan fingerprint density at radius 2 is 1.79 bits per heavy atom. The number of methoxy groups -OCH3 is 1. The van der Waals surface area contributed by atoms with E-state index in [2.05, 4.69) is 20.6 Å². The van der Waals surface area contributed by atoms with Gasteiger partial charge in [0.25, 0.3) is 0 Å². The van der Waals surface area contributed by atoms with Crippen LogP contribution in [0.2, 0.25) is 5.02 Å². The number of nitrogens with zero attached hydrogens (tertiary/aromatic N) is 2. The van der Waals surface area contributed by atoms with E-state index in [0.29, 0.717) is 29.0 Å². The number of halogens is 1. The van der Waals surface area contributed by atoms with Crippen molar-refractivity contribution in [2.24, 2.45) is 0 Å². The van der Waals surface area contributed by atoms with Crippen molar-refractivity contribution in [2.75, 3.05) is 24.3 Å². The number of carbonyl (C=O) groups excluding carboxylic acids is 1. The van der Waals surface area contributed by atoms with Gasteiger partial charge in [0.15, 0.2) is 0 Å². The van der Waals surface area contributed by atoms with Crippen molar-refractivity contribution in [3.63, 3.8) is 0 Å². The van der Waals surface area contributed by atoms with E-state index < -0.39 is 5.97 Å². The smallest absolute Gasteiger partial charge is 0.343 e. The lowest BCUT2D eigenvalue weighted by molar-refractivity contribution is 0.0601. The van der Waals surface area contributed by atoms with Gasteiger partial charge in [0.2, 0.25) is 5.95 Å². The molecule has 1 unspecified atom stereocenters. The number of benzene rings is 2. The summed E-state index contributed by atoms with van der Waals surface area (Å²) in [7, 11) is 1.32. The van der Waals surface area contributed by atoms with Gasteiger partial charge in [-0.05, 0) is 44.0 Å².